The van der Waals surface area contributed by atoms with E-state index >= 15 is 0 Å². The first-order chi connectivity index (χ1) is 28.3. The molecule has 0 aliphatic rings. The van der Waals surface area contributed by atoms with E-state index in [1.54, 1.807) is 13.0 Å². The number of ether oxygens (including phenoxy) is 2. The number of unbranched alkanes of at least 4 members (excludes halogenated alkanes) is 19. The summed E-state index contributed by atoms with van der Waals surface area (Å²) >= 11 is 0. The van der Waals surface area contributed by atoms with Crippen LogP contribution in [0.3, 0.4) is 0 Å². The van der Waals surface area contributed by atoms with Crippen molar-refractivity contribution in [3.63, 3.8) is 0 Å². The van der Waals surface area contributed by atoms with Crippen molar-refractivity contribution in [1.29, 1.82) is 0 Å². The summed E-state index contributed by atoms with van der Waals surface area (Å²) < 4.78 is 32.5. The van der Waals surface area contributed by atoms with Gasteiger partial charge < -0.3 is 14.4 Å². The Balaban J connectivity index is 4.08. The molecular weight excluding hydrogens is 748 g/mol. The summed E-state index contributed by atoms with van der Waals surface area (Å²) in [7, 11) is -4.31. The van der Waals surface area contributed by atoms with Crippen LogP contribution in [0.4, 0.5) is 0 Å². The van der Waals surface area contributed by atoms with Crippen molar-refractivity contribution in [2.75, 3.05) is 19.8 Å². The van der Waals surface area contributed by atoms with E-state index < -0.39 is 32.5 Å². The van der Waals surface area contributed by atoms with Gasteiger partial charge in [-0.1, -0.05) is 189 Å². The van der Waals surface area contributed by atoms with Crippen LogP contribution in [0.2, 0.25) is 0 Å². The normalized spacial score (nSPS) is 13.9. The van der Waals surface area contributed by atoms with Crippen LogP contribution in [0.5, 0.6) is 0 Å². The molecule has 0 saturated carbocycles. The highest BCUT2D eigenvalue weighted by molar-refractivity contribution is 7.47. The van der Waals surface area contributed by atoms with Gasteiger partial charge in [0.25, 0.3) is 0 Å². The molecule has 334 valence electrons. The van der Waals surface area contributed by atoms with Crippen LogP contribution >= 0.6 is 7.82 Å². The third-order valence-electron chi connectivity index (χ3n) is 9.53. The molecule has 0 fully saturated rings. The second-order valence-corrected chi connectivity index (χ2v) is 16.5. The summed E-state index contributed by atoms with van der Waals surface area (Å²) in [5.41, 5.74) is 0. The van der Waals surface area contributed by atoms with E-state index in [9.17, 15) is 19.0 Å². The molecule has 0 aromatic heterocycles. The minimum atomic E-state index is -4.31. The minimum Gasteiger partial charge on any atom is -0.462 e. The average molecular weight is 833 g/mol. The van der Waals surface area contributed by atoms with Gasteiger partial charge in [-0.05, 0) is 71.1 Å². The highest BCUT2D eigenvalue weighted by Gasteiger charge is 2.25. The predicted molar refractivity (Wildman–Crippen MR) is 244 cm³/mol. The van der Waals surface area contributed by atoms with Gasteiger partial charge in [-0.2, -0.15) is 0 Å². The smallest absolute Gasteiger partial charge is 0.462 e. The summed E-state index contributed by atoms with van der Waals surface area (Å²) in [6.45, 7) is 5.25. The molecule has 0 heterocycles. The molecular formula is C49H85O8P. The Hall–Kier alpha value is -2.51. The predicted octanol–water partition coefficient (Wildman–Crippen LogP) is 14.9. The number of rotatable bonds is 42. The van der Waals surface area contributed by atoms with Crippen LogP contribution in [0.1, 0.15) is 201 Å². The zero-order chi connectivity index (χ0) is 42.5. The zero-order valence-electron chi connectivity index (χ0n) is 37.2. The molecule has 0 radical (unpaired) electrons. The Morgan fingerprint density at radius 1 is 0.500 bits per heavy atom. The summed E-state index contributed by atoms with van der Waals surface area (Å²) in [5, 5.41) is 0. The fourth-order valence-corrected chi connectivity index (χ4v) is 6.93. The molecule has 0 spiro atoms. The highest BCUT2D eigenvalue weighted by Crippen LogP contribution is 2.43. The molecule has 9 heteroatoms. The largest absolute Gasteiger partial charge is 0.472 e. The van der Waals surface area contributed by atoms with E-state index in [0.717, 1.165) is 44.9 Å². The molecule has 58 heavy (non-hydrogen) atoms. The number of phosphoric acid groups is 1. The fourth-order valence-electron chi connectivity index (χ4n) is 6.17. The van der Waals surface area contributed by atoms with E-state index in [-0.39, 0.29) is 26.1 Å². The van der Waals surface area contributed by atoms with E-state index in [2.05, 4.69) is 68.5 Å². The Morgan fingerprint density at radius 2 is 0.931 bits per heavy atom. The van der Waals surface area contributed by atoms with Gasteiger partial charge >= 0.3 is 19.8 Å². The van der Waals surface area contributed by atoms with Gasteiger partial charge in [0.1, 0.15) is 6.61 Å². The van der Waals surface area contributed by atoms with Gasteiger partial charge in [0.2, 0.25) is 0 Å². The molecule has 0 aliphatic carbocycles. The Morgan fingerprint density at radius 3 is 1.40 bits per heavy atom. The molecule has 0 rings (SSSR count). The van der Waals surface area contributed by atoms with Crippen molar-refractivity contribution in [2.24, 2.45) is 0 Å². The average Bonchev–Trinajstić information content (AvgIpc) is 3.20. The lowest BCUT2D eigenvalue weighted by atomic mass is 10.0. The maximum Gasteiger partial charge on any atom is 0.472 e. The van der Waals surface area contributed by atoms with Crippen LogP contribution in [0.15, 0.2) is 72.9 Å². The number of phosphoric ester groups is 1. The minimum absolute atomic E-state index is 0.0114. The van der Waals surface area contributed by atoms with E-state index in [1.165, 1.54) is 116 Å². The number of hydrogen-bond acceptors (Lipinski definition) is 7. The lowest BCUT2D eigenvalue weighted by Gasteiger charge is -2.19. The second kappa shape index (κ2) is 44.1. The molecule has 1 N–H and O–H groups in total. The van der Waals surface area contributed by atoms with Gasteiger partial charge in [-0.25, -0.2) is 4.57 Å². The van der Waals surface area contributed by atoms with Crippen LogP contribution in [-0.2, 0) is 32.7 Å². The van der Waals surface area contributed by atoms with Crippen LogP contribution < -0.4 is 0 Å². The molecule has 0 saturated heterocycles. The van der Waals surface area contributed by atoms with Crippen LogP contribution in [0, 0.1) is 0 Å². The molecule has 2 unspecified atom stereocenters. The topological polar surface area (TPSA) is 108 Å². The third-order valence-corrected chi connectivity index (χ3v) is 10.6. The standard InChI is InChI=1S/C49H85O8P/c1-4-7-9-11-13-15-17-19-21-22-23-24-25-26-27-28-30-31-33-35-37-39-41-43-48(50)54-45-47(46-56-58(52,53)55-6-3)57-49(51)44-42-40-38-36-34-32-29-20-18-16-14-12-10-8-5-2/h8,10,14,16,20,22-23,29,34,36,40,42,47H,4-7,9,11-13,15,17-19,21,24-28,30-33,35,37-39,41,43-46H2,1-3H3,(H,52,53)/b10-8-,16-14-,23-22-,29-20-,36-34-,42-40-. The SMILES string of the molecule is CC/C=C\C/C=C\C/C=C\C/C=C\C/C=C\CC(=O)OC(COC(=O)CCCCCCCCCCCCC/C=C\CCCCCCCCCC)COP(=O)(O)OCC. The number of hydrogen-bond donors (Lipinski definition) is 1. The van der Waals surface area contributed by atoms with Gasteiger partial charge in [-0.3, -0.25) is 18.6 Å². The first-order valence-electron chi connectivity index (χ1n) is 23.2. The molecule has 0 aliphatic heterocycles. The summed E-state index contributed by atoms with van der Waals surface area (Å²) in [4.78, 5) is 34.7. The lowest BCUT2D eigenvalue weighted by Crippen LogP contribution is -2.29. The van der Waals surface area contributed by atoms with Crippen LogP contribution in [-0.4, -0.2) is 42.8 Å². The Labute approximate surface area is 355 Å². The molecule has 2 atom stereocenters. The number of carbonyl (C=O) groups excluding carboxylic acids is 2. The molecule has 0 aromatic carbocycles. The molecule has 8 nitrogen and oxygen atoms in total. The van der Waals surface area contributed by atoms with E-state index in [1.807, 2.05) is 12.2 Å². The first kappa shape index (κ1) is 55.5. The van der Waals surface area contributed by atoms with Crippen molar-refractivity contribution in [3.05, 3.63) is 72.9 Å². The van der Waals surface area contributed by atoms with Gasteiger partial charge in [0.15, 0.2) is 6.10 Å². The summed E-state index contributed by atoms with van der Waals surface area (Å²) in [6.07, 6.45) is 55.7. The summed E-state index contributed by atoms with van der Waals surface area (Å²) in [6, 6.07) is 0. The number of esters is 2. The van der Waals surface area contributed by atoms with Gasteiger partial charge in [0.05, 0.1) is 19.6 Å². The number of allylic oxidation sites excluding steroid dienone is 11. The monoisotopic (exact) mass is 833 g/mol. The highest BCUT2D eigenvalue weighted by atomic mass is 31.2. The summed E-state index contributed by atoms with van der Waals surface area (Å²) in [5.74, 6) is -0.947. The fraction of sp³-hybridized carbons (Fsp3) is 0.714. The van der Waals surface area contributed by atoms with Crippen molar-refractivity contribution >= 4 is 19.8 Å². The first-order valence-corrected chi connectivity index (χ1v) is 24.7. The molecule has 0 aromatic rings. The van der Waals surface area contributed by atoms with Crippen molar-refractivity contribution in [2.45, 2.75) is 207 Å². The molecule has 0 bridgehead atoms. The second-order valence-electron chi connectivity index (χ2n) is 15.1. The Kier molecular flexibility index (Phi) is 42.1. The van der Waals surface area contributed by atoms with E-state index in [4.69, 9.17) is 18.5 Å². The quantitative estimate of drug-likeness (QED) is 0.0280. The van der Waals surface area contributed by atoms with Crippen LogP contribution in [0.25, 0.3) is 0 Å². The zero-order valence-corrected chi connectivity index (χ0v) is 38.1. The third kappa shape index (κ3) is 43.1. The molecule has 0 amide bonds. The maximum absolute atomic E-state index is 12.5. The van der Waals surface area contributed by atoms with Crippen molar-refractivity contribution in [1.82, 2.24) is 0 Å². The maximum atomic E-state index is 12.5. The lowest BCUT2D eigenvalue weighted by molar-refractivity contribution is -0.160. The Bertz CT molecular complexity index is 1170. The van der Waals surface area contributed by atoms with E-state index in [0.29, 0.717) is 6.42 Å². The van der Waals surface area contributed by atoms with Gasteiger partial charge in [-0.15, -0.1) is 0 Å². The van der Waals surface area contributed by atoms with Crippen molar-refractivity contribution < 1.29 is 37.6 Å². The number of carbonyl (C=O) groups is 2. The van der Waals surface area contributed by atoms with Crippen molar-refractivity contribution in [3.8, 4) is 0 Å². The van der Waals surface area contributed by atoms with Gasteiger partial charge in [0, 0.05) is 6.42 Å².